The van der Waals surface area contributed by atoms with Gasteiger partial charge in [0.15, 0.2) is 0 Å². The fourth-order valence-electron chi connectivity index (χ4n) is 6.83. The minimum absolute atomic E-state index is 0.187. The van der Waals surface area contributed by atoms with E-state index in [2.05, 4.69) is 75.3 Å². The highest BCUT2D eigenvalue weighted by atomic mass is 32.2. The minimum atomic E-state index is 0.187. The first kappa shape index (κ1) is 28.2. The van der Waals surface area contributed by atoms with E-state index in [0.29, 0.717) is 6.92 Å². The van der Waals surface area contributed by atoms with Gasteiger partial charge in [0.1, 0.15) is 5.09 Å². The molecular weight excluding hydrogens is 407 g/mol. The summed E-state index contributed by atoms with van der Waals surface area (Å²) in [4.78, 5) is 0. The molecule has 32 heavy (non-hydrogen) atoms. The van der Waals surface area contributed by atoms with Crippen LogP contribution in [-0.4, -0.2) is 11.7 Å². The summed E-state index contributed by atoms with van der Waals surface area (Å²) >= 11 is 1.91. The van der Waals surface area contributed by atoms with Crippen molar-refractivity contribution in [1.29, 1.82) is 0 Å². The highest BCUT2D eigenvalue weighted by Gasteiger charge is 2.39. The van der Waals surface area contributed by atoms with Crippen molar-refractivity contribution in [2.75, 3.05) is 0 Å². The molecule has 6 atom stereocenters. The van der Waals surface area contributed by atoms with E-state index in [1.807, 2.05) is 11.8 Å². The summed E-state index contributed by atoms with van der Waals surface area (Å²) in [5.41, 5.74) is 0. The lowest BCUT2D eigenvalue weighted by Crippen LogP contribution is -2.36. The molecule has 2 saturated carbocycles. The summed E-state index contributed by atoms with van der Waals surface area (Å²) in [7, 11) is 0. The third-order valence-electron chi connectivity index (χ3n) is 8.38. The van der Waals surface area contributed by atoms with Gasteiger partial charge >= 0.3 is 6.92 Å². The quantitative estimate of drug-likeness (QED) is 0.249. The van der Waals surface area contributed by atoms with Crippen molar-refractivity contribution in [2.24, 2.45) is 47.3 Å². The van der Waals surface area contributed by atoms with Crippen molar-refractivity contribution >= 4 is 18.7 Å². The number of thioether (sulfide) groups is 1. The van der Waals surface area contributed by atoms with Crippen molar-refractivity contribution in [3.05, 3.63) is 11.2 Å². The van der Waals surface area contributed by atoms with E-state index in [1.54, 1.807) is 0 Å². The summed E-state index contributed by atoms with van der Waals surface area (Å²) in [5, 5.41) is 1.15. The summed E-state index contributed by atoms with van der Waals surface area (Å²) in [5.74, 6) is 6.70. The van der Waals surface area contributed by atoms with Crippen molar-refractivity contribution in [3.63, 3.8) is 0 Å². The van der Waals surface area contributed by atoms with E-state index >= 15 is 0 Å². The van der Waals surface area contributed by atoms with Gasteiger partial charge in [-0.05, 0) is 98.7 Å². The van der Waals surface area contributed by atoms with E-state index in [1.165, 1.54) is 51.2 Å². The van der Waals surface area contributed by atoms with Crippen LogP contribution in [0.5, 0.6) is 0 Å². The third kappa shape index (κ3) is 8.96. The average Bonchev–Trinajstić information content (AvgIpc) is 2.65. The number of hydrogen-bond acceptors (Lipinski definition) is 2. The summed E-state index contributed by atoms with van der Waals surface area (Å²) in [6.07, 6.45) is 13.2. The Morgan fingerprint density at radius 2 is 1.31 bits per heavy atom. The molecule has 0 aliphatic heterocycles. The Bertz CT molecular complexity index is 544. The van der Waals surface area contributed by atoms with Gasteiger partial charge in [-0.2, -0.15) is 0 Å². The lowest BCUT2D eigenvalue weighted by Gasteiger charge is -2.41. The molecule has 0 bridgehead atoms. The molecule has 186 valence electrons. The number of hydrogen-bond donors (Lipinski definition) is 0. The molecule has 0 aromatic heterocycles. The Morgan fingerprint density at radius 3 is 1.66 bits per heavy atom. The van der Waals surface area contributed by atoms with Crippen LogP contribution < -0.4 is 0 Å². The van der Waals surface area contributed by atoms with Gasteiger partial charge in [0.05, 0.1) is 0 Å². The maximum absolute atomic E-state index is 6.93. The fraction of sp³-hybridized carbons (Fsp3) is 0.931. The normalized spacial score (nSPS) is 32.4. The zero-order valence-electron chi connectivity index (χ0n) is 23.2. The van der Waals surface area contributed by atoms with E-state index in [9.17, 15) is 0 Å². The molecule has 3 heteroatoms. The molecule has 0 aromatic rings. The van der Waals surface area contributed by atoms with Crippen LogP contribution in [0.1, 0.15) is 108 Å². The van der Waals surface area contributed by atoms with E-state index in [0.717, 1.165) is 52.4 Å². The first-order valence-corrected chi connectivity index (χ1v) is 14.7. The first-order valence-electron chi connectivity index (χ1n) is 13.9. The van der Waals surface area contributed by atoms with Crippen LogP contribution in [0.3, 0.4) is 0 Å². The van der Waals surface area contributed by atoms with Crippen molar-refractivity contribution in [1.82, 2.24) is 0 Å². The molecule has 0 spiro atoms. The highest BCUT2D eigenvalue weighted by Crippen LogP contribution is 2.45. The predicted molar refractivity (Wildman–Crippen MR) is 147 cm³/mol. The summed E-state index contributed by atoms with van der Waals surface area (Å²) in [6, 6.07) is 0. The Balaban J connectivity index is 2.23. The Labute approximate surface area is 206 Å². The second-order valence-electron chi connectivity index (χ2n) is 13.2. The van der Waals surface area contributed by atoms with Crippen LogP contribution in [0.2, 0.25) is 12.6 Å². The molecule has 0 saturated heterocycles. The zero-order chi connectivity index (χ0) is 24.1. The fourth-order valence-corrected chi connectivity index (χ4v) is 7.73. The smallest absolute Gasteiger partial charge is 0.358 e. The second-order valence-corrected chi connectivity index (χ2v) is 15.0. The molecule has 2 aliphatic rings. The van der Waals surface area contributed by atoms with Crippen LogP contribution >= 0.6 is 11.8 Å². The Kier molecular flexibility index (Phi) is 11.1. The van der Waals surface area contributed by atoms with Crippen molar-refractivity contribution < 1.29 is 4.65 Å². The standard InChI is InChI=1S/C29H55BOS/c1-11-28(32-29(8,9)10)31-30(18-24-16-22(6)12-14-26(24)20(2)3)19-25-17-23(7)13-15-27(25)21(4)5/h11,20-27H,12-19H2,1-10H3/b28-11-/t22-,23-,24-,25-,26+,27+/m0/s1. The summed E-state index contributed by atoms with van der Waals surface area (Å²) in [6.45, 7) is 24.2. The molecule has 0 radical (unpaired) electrons. The molecule has 2 aliphatic carbocycles. The molecule has 1 nitrogen and oxygen atoms in total. The minimum Gasteiger partial charge on any atom is -0.557 e. The van der Waals surface area contributed by atoms with Gasteiger partial charge in [-0.3, -0.25) is 0 Å². The van der Waals surface area contributed by atoms with Crippen LogP contribution in [0, 0.1) is 47.3 Å². The third-order valence-corrected chi connectivity index (χ3v) is 9.52. The highest BCUT2D eigenvalue weighted by molar-refractivity contribution is 8.04. The lowest BCUT2D eigenvalue weighted by molar-refractivity contribution is 0.146. The molecule has 2 fully saturated rings. The van der Waals surface area contributed by atoms with Crippen LogP contribution in [0.4, 0.5) is 0 Å². The first-order chi connectivity index (χ1) is 14.9. The maximum Gasteiger partial charge on any atom is 0.358 e. The van der Waals surface area contributed by atoms with Crippen molar-refractivity contribution in [2.45, 2.75) is 125 Å². The lowest BCUT2D eigenvalue weighted by atomic mass is 9.49. The molecule has 0 heterocycles. The van der Waals surface area contributed by atoms with E-state index in [-0.39, 0.29) is 4.75 Å². The monoisotopic (exact) mass is 462 g/mol. The van der Waals surface area contributed by atoms with Gasteiger partial charge in [-0.25, -0.2) is 0 Å². The second kappa shape index (κ2) is 12.6. The van der Waals surface area contributed by atoms with E-state index < -0.39 is 0 Å². The van der Waals surface area contributed by atoms with Gasteiger partial charge in [-0.15, -0.1) is 0 Å². The summed E-state index contributed by atoms with van der Waals surface area (Å²) < 4.78 is 7.12. The Hall–Kier alpha value is -0.0451. The number of rotatable bonds is 9. The van der Waals surface area contributed by atoms with Crippen LogP contribution in [-0.2, 0) is 4.65 Å². The van der Waals surface area contributed by atoms with Gasteiger partial charge in [0.25, 0.3) is 0 Å². The Morgan fingerprint density at radius 1 is 0.875 bits per heavy atom. The molecule has 0 unspecified atom stereocenters. The molecule has 2 rings (SSSR count). The predicted octanol–water partition coefficient (Wildman–Crippen LogP) is 9.80. The number of allylic oxidation sites excluding steroid dienone is 1. The molecule has 0 amide bonds. The van der Waals surface area contributed by atoms with Crippen molar-refractivity contribution in [3.8, 4) is 0 Å². The largest absolute Gasteiger partial charge is 0.557 e. The van der Waals surface area contributed by atoms with E-state index in [4.69, 9.17) is 4.65 Å². The van der Waals surface area contributed by atoms with Crippen LogP contribution in [0.25, 0.3) is 0 Å². The maximum atomic E-state index is 6.93. The molecular formula is C29H55BOS. The van der Waals surface area contributed by atoms with Gasteiger partial charge in [0, 0.05) is 4.75 Å². The molecule has 0 aromatic carbocycles. The van der Waals surface area contributed by atoms with Gasteiger partial charge < -0.3 is 4.65 Å². The topological polar surface area (TPSA) is 9.23 Å². The van der Waals surface area contributed by atoms with Gasteiger partial charge in [0.2, 0.25) is 0 Å². The van der Waals surface area contributed by atoms with Crippen LogP contribution in [0.15, 0.2) is 11.2 Å². The molecule has 0 N–H and O–H groups in total. The zero-order valence-corrected chi connectivity index (χ0v) is 24.1. The van der Waals surface area contributed by atoms with Gasteiger partial charge in [-0.1, -0.05) is 86.9 Å². The average molecular weight is 463 g/mol. The SMILES string of the molecule is C/C=C(/OB(C[C@@H]1C[C@@H](C)CC[C@@H]1C(C)C)C[C@@H]1C[C@@H](C)CC[C@@H]1C(C)C)SC(C)(C)C.